The van der Waals surface area contributed by atoms with E-state index < -0.39 is 5.60 Å². The van der Waals surface area contributed by atoms with Crippen LogP contribution in [0.5, 0.6) is 0 Å². The van der Waals surface area contributed by atoms with E-state index in [0.717, 1.165) is 30.9 Å². The summed E-state index contributed by atoms with van der Waals surface area (Å²) >= 11 is 0. The summed E-state index contributed by atoms with van der Waals surface area (Å²) in [4.78, 5) is 4.40. The molecule has 0 bridgehead atoms. The highest BCUT2D eigenvalue weighted by molar-refractivity contribution is 5.37. The van der Waals surface area contributed by atoms with Gasteiger partial charge in [0.15, 0.2) is 0 Å². The highest BCUT2D eigenvalue weighted by atomic mass is 16.3. The number of fused-ring (bicyclic) bond motifs is 1. The molecule has 0 amide bonds. The second-order valence-corrected chi connectivity index (χ2v) is 5.13. The quantitative estimate of drug-likeness (QED) is 0.800. The van der Waals surface area contributed by atoms with E-state index in [1.807, 2.05) is 12.3 Å². The molecule has 1 saturated carbocycles. The van der Waals surface area contributed by atoms with Crippen LogP contribution in [-0.4, -0.2) is 10.1 Å². The molecule has 0 spiro atoms. The molecule has 1 unspecified atom stereocenters. The highest BCUT2D eigenvalue weighted by Gasteiger charge is 2.42. The van der Waals surface area contributed by atoms with Gasteiger partial charge < -0.3 is 5.11 Å². The van der Waals surface area contributed by atoms with Crippen LogP contribution in [0.25, 0.3) is 0 Å². The number of rotatable bonds is 2. The van der Waals surface area contributed by atoms with Crippen LogP contribution < -0.4 is 0 Å². The van der Waals surface area contributed by atoms with Gasteiger partial charge in [0.05, 0.1) is 5.69 Å². The minimum Gasteiger partial charge on any atom is -0.384 e. The molecule has 2 nitrogen and oxygen atoms in total. The number of hydrogen-bond acceptors (Lipinski definition) is 2. The Hall–Kier alpha value is -0.890. The van der Waals surface area contributed by atoms with Crippen molar-refractivity contribution in [1.29, 1.82) is 0 Å². The van der Waals surface area contributed by atoms with E-state index in [1.165, 1.54) is 24.0 Å². The van der Waals surface area contributed by atoms with Crippen molar-refractivity contribution in [3.05, 3.63) is 29.1 Å². The van der Waals surface area contributed by atoms with Crippen LogP contribution in [0.4, 0.5) is 0 Å². The fourth-order valence-electron chi connectivity index (χ4n) is 2.75. The molecular formula is C13H17NO. The maximum Gasteiger partial charge on any atom is 0.107 e. The van der Waals surface area contributed by atoms with Crippen molar-refractivity contribution in [3.63, 3.8) is 0 Å². The average Bonchev–Trinajstić information content (AvgIpc) is 2.93. The van der Waals surface area contributed by atoms with Crippen molar-refractivity contribution in [1.82, 2.24) is 4.98 Å². The molecule has 1 aromatic rings. The molecule has 0 radical (unpaired) electrons. The van der Waals surface area contributed by atoms with Crippen LogP contribution in [0, 0.1) is 12.8 Å². The first kappa shape index (κ1) is 9.34. The third-order valence-corrected chi connectivity index (χ3v) is 3.84. The summed E-state index contributed by atoms with van der Waals surface area (Å²) in [5, 5.41) is 10.6. The van der Waals surface area contributed by atoms with Crippen LogP contribution in [0.15, 0.2) is 12.3 Å². The first-order valence-electron chi connectivity index (χ1n) is 5.86. The molecule has 0 aliphatic heterocycles. The zero-order chi connectivity index (χ0) is 10.5. The second kappa shape index (κ2) is 3.05. The Bertz CT molecular complexity index is 398. The van der Waals surface area contributed by atoms with E-state index in [4.69, 9.17) is 0 Å². The number of aliphatic hydroxyl groups is 1. The molecule has 3 rings (SSSR count). The van der Waals surface area contributed by atoms with E-state index >= 15 is 0 Å². The van der Waals surface area contributed by atoms with Gasteiger partial charge in [-0.3, -0.25) is 4.98 Å². The lowest BCUT2D eigenvalue weighted by Gasteiger charge is -2.22. The largest absolute Gasteiger partial charge is 0.384 e. The summed E-state index contributed by atoms with van der Waals surface area (Å²) in [5.41, 5.74) is 2.93. The van der Waals surface area contributed by atoms with Gasteiger partial charge in [-0.15, -0.1) is 0 Å². The van der Waals surface area contributed by atoms with Gasteiger partial charge in [0, 0.05) is 6.20 Å². The number of aromatic nitrogens is 1. The van der Waals surface area contributed by atoms with Crippen LogP contribution in [0.3, 0.4) is 0 Å². The molecule has 2 heteroatoms. The molecule has 1 heterocycles. The normalized spacial score (nSPS) is 29.2. The standard InChI is InChI=1S/C13H17NO/c1-9-5-7-14-12-11(9)4-6-13(12,15)8-10-2-3-10/h5,7,10,15H,2-4,6,8H2,1H3. The van der Waals surface area contributed by atoms with Crippen LogP contribution in [-0.2, 0) is 12.0 Å². The molecule has 0 aromatic carbocycles. The second-order valence-electron chi connectivity index (χ2n) is 5.13. The summed E-state index contributed by atoms with van der Waals surface area (Å²) in [6.07, 6.45) is 7.22. The fourth-order valence-corrected chi connectivity index (χ4v) is 2.75. The monoisotopic (exact) mass is 203 g/mol. The molecule has 1 fully saturated rings. The lowest BCUT2D eigenvalue weighted by molar-refractivity contribution is 0.0199. The lowest BCUT2D eigenvalue weighted by Crippen LogP contribution is -2.24. The Morgan fingerprint density at radius 2 is 2.33 bits per heavy atom. The molecule has 0 saturated heterocycles. The van der Waals surface area contributed by atoms with Gasteiger partial charge >= 0.3 is 0 Å². The number of pyridine rings is 1. The van der Waals surface area contributed by atoms with Crippen molar-refractivity contribution in [3.8, 4) is 0 Å². The van der Waals surface area contributed by atoms with Crippen molar-refractivity contribution in [2.75, 3.05) is 0 Å². The van der Waals surface area contributed by atoms with Gasteiger partial charge in [-0.1, -0.05) is 12.8 Å². The molecule has 1 atom stereocenters. The minimum atomic E-state index is -0.609. The van der Waals surface area contributed by atoms with Gasteiger partial charge in [0.1, 0.15) is 5.60 Å². The zero-order valence-electron chi connectivity index (χ0n) is 9.16. The SMILES string of the molecule is Cc1ccnc2c1CCC2(O)CC1CC1. The Labute approximate surface area is 90.4 Å². The van der Waals surface area contributed by atoms with Crippen LogP contribution in [0.1, 0.15) is 42.5 Å². The maximum absolute atomic E-state index is 10.6. The first-order valence-corrected chi connectivity index (χ1v) is 5.86. The van der Waals surface area contributed by atoms with Crippen LogP contribution in [0.2, 0.25) is 0 Å². The van der Waals surface area contributed by atoms with E-state index in [2.05, 4.69) is 11.9 Å². The maximum atomic E-state index is 10.6. The summed E-state index contributed by atoms with van der Waals surface area (Å²) in [5.74, 6) is 0.753. The number of hydrogen-bond donors (Lipinski definition) is 1. The lowest BCUT2D eigenvalue weighted by atomic mass is 9.93. The van der Waals surface area contributed by atoms with Gasteiger partial charge in [-0.2, -0.15) is 0 Å². The summed E-state index contributed by atoms with van der Waals surface area (Å²) in [6, 6.07) is 2.04. The summed E-state index contributed by atoms with van der Waals surface area (Å²) in [7, 11) is 0. The third kappa shape index (κ3) is 1.48. The van der Waals surface area contributed by atoms with Gasteiger partial charge in [-0.05, 0) is 49.3 Å². The molecule has 2 aliphatic rings. The van der Waals surface area contributed by atoms with E-state index in [1.54, 1.807) is 0 Å². The number of aryl methyl sites for hydroxylation is 1. The highest BCUT2D eigenvalue weighted by Crippen LogP contribution is 2.46. The van der Waals surface area contributed by atoms with Gasteiger partial charge in [-0.25, -0.2) is 0 Å². The molecule has 1 aromatic heterocycles. The van der Waals surface area contributed by atoms with E-state index in [9.17, 15) is 5.11 Å². The van der Waals surface area contributed by atoms with Gasteiger partial charge in [0.2, 0.25) is 0 Å². The summed E-state index contributed by atoms with van der Waals surface area (Å²) in [6.45, 7) is 2.11. The third-order valence-electron chi connectivity index (χ3n) is 3.84. The smallest absolute Gasteiger partial charge is 0.107 e. The zero-order valence-corrected chi connectivity index (χ0v) is 9.16. The topological polar surface area (TPSA) is 33.1 Å². The minimum absolute atomic E-state index is 0.609. The van der Waals surface area contributed by atoms with Gasteiger partial charge in [0.25, 0.3) is 0 Å². The predicted molar refractivity (Wildman–Crippen MR) is 58.5 cm³/mol. The Kier molecular flexibility index (Phi) is 1.90. The molecule has 80 valence electrons. The van der Waals surface area contributed by atoms with E-state index in [0.29, 0.717) is 0 Å². The Balaban J connectivity index is 1.98. The van der Waals surface area contributed by atoms with Crippen molar-refractivity contribution >= 4 is 0 Å². The predicted octanol–water partition coefficient (Wildman–Crippen LogP) is 2.32. The molecule has 15 heavy (non-hydrogen) atoms. The van der Waals surface area contributed by atoms with Crippen molar-refractivity contribution < 1.29 is 5.11 Å². The van der Waals surface area contributed by atoms with Crippen molar-refractivity contribution in [2.45, 2.75) is 44.6 Å². The molecular weight excluding hydrogens is 186 g/mol. The Morgan fingerprint density at radius 3 is 3.07 bits per heavy atom. The number of nitrogens with zero attached hydrogens (tertiary/aromatic N) is 1. The van der Waals surface area contributed by atoms with Crippen molar-refractivity contribution in [2.24, 2.45) is 5.92 Å². The molecule has 2 aliphatic carbocycles. The Morgan fingerprint density at radius 1 is 1.53 bits per heavy atom. The summed E-state index contributed by atoms with van der Waals surface area (Å²) < 4.78 is 0. The molecule has 1 N–H and O–H groups in total. The average molecular weight is 203 g/mol. The van der Waals surface area contributed by atoms with Crippen LogP contribution >= 0.6 is 0 Å². The fraction of sp³-hybridized carbons (Fsp3) is 0.615. The van der Waals surface area contributed by atoms with E-state index in [-0.39, 0.29) is 0 Å². The first-order chi connectivity index (χ1) is 7.19.